The summed E-state index contributed by atoms with van der Waals surface area (Å²) in [6, 6.07) is 0. The number of ether oxygens (including phenoxy) is 1. The number of rotatable bonds is 3. The van der Waals surface area contributed by atoms with Crippen LogP contribution in [-0.4, -0.2) is 29.3 Å². The lowest BCUT2D eigenvalue weighted by molar-refractivity contribution is -0.138. The van der Waals surface area contributed by atoms with Gasteiger partial charge in [-0.25, -0.2) is 4.79 Å². The largest absolute Gasteiger partial charge is 0.481 e. The maximum Gasteiger partial charge on any atom is 0.407 e. The second-order valence-corrected chi connectivity index (χ2v) is 4.82. The molecule has 0 aromatic carbocycles. The van der Waals surface area contributed by atoms with Gasteiger partial charge >= 0.3 is 12.1 Å². The lowest BCUT2D eigenvalue weighted by Gasteiger charge is -2.19. The third kappa shape index (κ3) is 4.18. The number of aliphatic carboxylic acids is 1. The van der Waals surface area contributed by atoms with Gasteiger partial charge in [0, 0.05) is 6.54 Å². The molecule has 2 atom stereocenters. The Kier molecular flexibility index (Phi) is 3.21. The topological polar surface area (TPSA) is 75.6 Å². The molecule has 1 amide bonds. The van der Waals surface area contributed by atoms with Crippen LogP contribution in [0.1, 0.15) is 27.2 Å². The number of carbonyl (C=O) groups is 2. The summed E-state index contributed by atoms with van der Waals surface area (Å²) in [5.41, 5.74) is -0.514. The number of amides is 1. The van der Waals surface area contributed by atoms with E-state index in [9.17, 15) is 9.59 Å². The van der Waals surface area contributed by atoms with E-state index in [2.05, 4.69) is 5.32 Å². The molecule has 1 aliphatic rings. The average Bonchev–Trinajstić information content (AvgIpc) is 2.75. The predicted molar refractivity (Wildman–Crippen MR) is 53.5 cm³/mol. The molecule has 86 valence electrons. The monoisotopic (exact) mass is 215 g/mol. The van der Waals surface area contributed by atoms with Crippen LogP contribution in [0.3, 0.4) is 0 Å². The van der Waals surface area contributed by atoms with E-state index in [-0.39, 0.29) is 11.8 Å². The molecule has 0 saturated heterocycles. The molecule has 5 nitrogen and oxygen atoms in total. The molecule has 1 fully saturated rings. The maximum atomic E-state index is 11.2. The lowest BCUT2D eigenvalue weighted by Crippen LogP contribution is -2.33. The van der Waals surface area contributed by atoms with E-state index in [4.69, 9.17) is 9.84 Å². The zero-order chi connectivity index (χ0) is 11.6. The van der Waals surface area contributed by atoms with Gasteiger partial charge in [-0.15, -0.1) is 0 Å². The van der Waals surface area contributed by atoms with Crippen LogP contribution in [0.2, 0.25) is 0 Å². The molecular formula is C10H17NO4. The van der Waals surface area contributed by atoms with Gasteiger partial charge in [-0.3, -0.25) is 4.79 Å². The van der Waals surface area contributed by atoms with E-state index in [1.807, 2.05) is 0 Å². The molecule has 1 aliphatic carbocycles. The predicted octanol–water partition coefficient (Wildman–Crippen LogP) is 1.23. The number of hydrogen-bond donors (Lipinski definition) is 2. The average molecular weight is 215 g/mol. The third-order valence-electron chi connectivity index (χ3n) is 2.15. The Morgan fingerprint density at radius 1 is 1.47 bits per heavy atom. The smallest absolute Gasteiger partial charge is 0.407 e. The molecule has 0 heterocycles. The molecule has 0 aliphatic heterocycles. The van der Waals surface area contributed by atoms with Gasteiger partial charge in [0.05, 0.1) is 5.92 Å². The number of carboxylic acid groups (broad SMARTS) is 1. The fourth-order valence-electron chi connectivity index (χ4n) is 1.30. The van der Waals surface area contributed by atoms with E-state index in [0.29, 0.717) is 13.0 Å². The van der Waals surface area contributed by atoms with Crippen LogP contribution in [0.15, 0.2) is 0 Å². The summed E-state index contributed by atoms with van der Waals surface area (Å²) >= 11 is 0. The van der Waals surface area contributed by atoms with Crippen molar-refractivity contribution in [1.29, 1.82) is 0 Å². The zero-order valence-corrected chi connectivity index (χ0v) is 9.24. The summed E-state index contributed by atoms with van der Waals surface area (Å²) < 4.78 is 5.01. The van der Waals surface area contributed by atoms with Crippen molar-refractivity contribution in [3.05, 3.63) is 0 Å². The molecule has 0 aromatic rings. The molecule has 0 spiro atoms. The molecule has 1 saturated carbocycles. The Bertz CT molecular complexity index is 269. The van der Waals surface area contributed by atoms with Crippen molar-refractivity contribution in [3.63, 3.8) is 0 Å². The van der Waals surface area contributed by atoms with Gasteiger partial charge in [0.2, 0.25) is 0 Å². The second kappa shape index (κ2) is 4.08. The zero-order valence-electron chi connectivity index (χ0n) is 9.24. The van der Waals surface area contributed by atoms with Crippen LogP contribution in [0.4, 0.5) is 4.79 Å². The first-order valence-corrected chi connectivity index (χ1v) is 4.99. The van der Waals surface area contributed by atoms with Gasteiger partial charge in [-0.2, -0.15) is 0 Å². The first-order chi connectivity index (χ1) is 6.79. The molecule has 5 heteroatoms. The quantitative estimate of drug-likeness (QED) is 0.742. The maximum absolute atomic E-state index is 11.2. The standard InChI is InChI=1S/C10H17NO4/c1-10(2,3)15-9(14)11-5-6-4-7(6)8(12)13/h6-7H,4-5H2,1-3H3,(H,11,14)(H,12,13)/t6?,7-/m1/s1. The van der Waals surface area contributed by atoms with Crippen LogP contribution >= 0.6 is 0 Å². The second-order valence-electron chi connectivity index (χ2n) is 4.82. The number of carboxylic acids is 1. The van der Waals surface area contributed by atoms with E-state index in [1.54, 1.807) is 20.8 Å². The van der Waals surface area contributed by atoms with Gasteiger partial charge < -0.3 is 15.2 Å². The summed E-state index contributed by atoms with van der Waals surface area (Å²) in [4.78, 5) is 21.7. The SMILES string of the molecule is CC(C)(C)OC(=O)NCC1C[C@H]1C(=O)O. The highest BCUT2D eigenvalue weighted by atomic mass is 16.6. The highest BCUT2D eigenvalue weighted by molar-refractivity contribution is 5.74. The molecule has 1 rings (SSSR count). The van der Waals surface area contributed by atoms with Crippen molar-refractivity contribution in [2.45, 2.75) is 32.8 Å². The minimum Gasteiger partial charge on any atom is -0.481 e. The lowest BCUT2D eigenvalue weighted by atomic mass is 10.2. The number of hydrogen-bond acceptors (Lipinski definition) is 3. The van der Waals surface area contributed by atoms with Crippen LogP contribution in [0, 0.1) is 11.8 Å². The van der Waals surface area contributed by atoms with Crippen molar-refractivity contribution < 1.29 is 19.4 Å². The van der Waals surface area contributed by atoms with Gasteiger partial charge in [0.25, 0.3) is 0 Å². The van der Waals surface area contributed by atoms with Crippen molar-refractivity contribution in [3.8, 4) is 0 Å². The number of carbonyl (C=O) groups excluding carboxylic acids is 1. The van der Waals surface area contributed by atoms with Crippen LogP contribution < -0.4 is 5.32 Å². The molecule has 0 bridgehead atoms. The van der Waals surface area contributed by atoms with Crippen LogP contribution in [0.5, 0.6) is 0 Å². The normalized spacial score (nSPS) is 24.5. The van der Waals surface area contributed by atoms with Crippen molar-refractivity contribution in [1.82, 2.24) is 5.32 Å². The van der Waals surface area contributed by atoms with Gasteiger partial charge in [-0.1, -0.05) is 0 Å². The van der Waals surface area contributed by atoms with Crippen molar-refractivity contribution >= 4 is 12.1 Å². The first kappa shape index (κ1) is 11.8. The van der Waals surface area contributed by atoms with Crippen molar-refractivity contribution in [2.75, 3.05) is 6.54 Å². The Morgan fingerprint density at radius 3 is 2.47 bits per heavy atom. The highest BCUT2D eigenvalue weighted by Gasteiger charge is 2.43. The fourth-order valence-corrected chi connectivity index (χ4v) is 1.30. The van der Waals surface area contributed by atoms with E-state index in [0.717, 1.165) is 0 Å². The molecule has 0 radical (unpaired) electrons. The summed E-state index contributed by atoms with van der Waals surface area (Å²) in [5, 5.41) is 11.2. The highest BCUT2D eigenvalue weighted by Crippen LogP contribution is 2.37. The minimum absolute atomic E-state index is 0.0648. The fraction of sp³-hybridized carbons (Fsp3) is 0.800. The van der Waals surface area contributed by atoms with Crippen LogP contribution in [0.25, 0.3) is 0 Å². The van der Waals surface area contributed by atoms with Gasteiger partial charge in [-0.05, 0) is 33.1 Å². The summed E-state index contributed by atoms with van der Waals surface area (Å²) in [6.07, 6.45) is 0.157. The minimum atomic E-state index is -0.786. The van der Waals surface area contributed by atoms with Crippen molar-refractivity contribution in [2.24, 2.45) is 11.8 Å². The number of nitrogens with one attached hydrogen (secondary N) is 1. The molecule has 15 heavy (non-hydrogen) atoms. The summed E-state index contributed by atoms with van der Waals surface area (Å²) in [5.74, 6) is -1.01. The third-order valence-corrected chi connectivity index (χ3v) is 2.15. The molecule has 2 N–H and O–H groups in total. The van der Waals surface area contributed by atoms with E-state index < -0.39 is 17.7 Å². The van der Waals surface area contributed by atoms with Crippen LogP contribution in [-0.2, 0) is 9.53 Å². The van der Waals surface area contributed by atoms with E-state index in [1.165, 1.54) is 0 Å². The summed E-state index contributed by atoms with van der Waals surface area (Å²) in [7, 11) is 0. The van der Waals surface area contributed by atoms with Gasteiger partial charge in [0.15, 0.2) is 0 Å². The van der Waals surface area contributed by atoms with Gasteiger partial charge in [0.1, 0.15) is 5.60 Å². The first-order valence-electron chi connectivity index (χ1n) is 4.99. The van der Waals surface area contributed by atoms with E-state index >= 15 is 0 Å². The Balaban J connectivity index is 2.17. The Morgan fingerprint density at radius 2 is 2.07 bits per heavy atom. The Labute approximate surface area is 88.8 Å². The number of alkyl carbamates (subject to hydrolysis) is 1. The molecule has 0 aromatic heterocycles. The molecular weight excluding hydrogens is 198 g/mol. The summed E-state index contributed by atoms with van der Waals surface area (Å²) in [6.45, 7) is 5.73. The Hall–Kier alpha value is -1.26. The molecule has 1 unspecified atom stereocenters.